The fourth-order valence-electron chi connectivity index (χ4n) is 3.82. The molecule has 2 fully saturated rings. The molecule has 16 heavy (non-hydrogen) atoms. The fraction of sp³-hybridized carbons (Fsp3) is 0.692. The van der Waals surface area contributed by atoms with Crippen molar-refractivity contribution in [2.45, 2.75) is 26.2 Å². The van der Waals surface area contributed by atoms with Gasteiger partial charge in [-0.1, -0.05) is 18.6 Å². The fourth-order valence-corrected chi connectivity index (χ4v) is 3.82. The number of ketones is 1. The van der Waals surface area contributed by atoms with Crippen LogP contribution in [0.1, 0.15) is 26.2 Å². The average Bonchev–Trinajstić information content (AvgIpc) is 2.53. The Morgan fingerprint density at radius 3 is 2.88 bits per heavy atom. The molecule has 2 saturated carbocycles. The molecule has 0 aromatic heterocycles. The van der Waals surface area contributed by atoms with Crippen molar-refractivity contribution in [3.63, 3.8) is 0 Å². The summed E-state index contributed by atoms with van der Waals surface area (Å²) < 4.78 is 0. The summed E-state index contributed by atoms with van der Waals surface area (Å²) in [5.74, 6) is -0.625. The molecule has 1 N–H and O–H groups in total. The molecule has 3 heteroatoms. The van der Waals surface area contributed by atoms with Gasteiger partial charge in [0.05, 0.1) is 0 Å². The minimum Gasteiger partial charge on any atom is -0.481 e. The molecule has 0 aromatic carbocycles. The number of carboxylic acid groups (broad SMARTS) is 1. The Kier molecular flexibility index (Phi) is 2.00. The third-order valence-electron chi connectivity index (χ3n) is 4.65. The molecule has 0 heterocycles. The van der Waals surface area contributed by atoms with Gasteiger partial charge in [-0.05, 0) is 37.0 Å². The normalized spacial score (nSPS) is 48.7. The van der Waals surface area contributed by atoms with E-state index in [-0.39, 0.29) is 17.6 Å². The SMILES string of the molecule is CC1/C=C2/CC3CC(CC23)C(=O)C1C(=O)O. The van der Waals surface area contributed by atoms with Crippen LogP contribution in [0.15, 0.2) is 11.6 Å². The molecule has 0 amide bonds. The molecule has 0 aromatic rings. The van der Waals surface area contributed by atoms with E-state index in [9.17, 15) is 14.7 Å². The molecule has 0 spiro atoms. The summed E-state index contributed by atoms with van der Waals surface area (Å²) in [6.45, 7) is 1.86. The predicted octanol–water partition coefficient (Wildman–Crippen LogP) is 1.88. The minimum absolute atomic E-state index is 0.0183. The molecule has 5 atom stereocenters. The third kappa shape index (κ3) is 1.20. The van der Waals surface area contributed by atoms with Gasteiger partial charge in [0.15, 0.2) is 5.78 Å². The monoisotopic (exact) mass is 220 g/mol. The van der Waals surface area contributed by atoms with Gasteiger partial charge >= 0.3 is 5.97 Å². The van der Waals surface area contributed by atoms with E-state index in [0.717, 1.165) is 19.3 Å². The Morgan fingerprint density at radius 2 is 2.19 bits per heavy atom. The van der Waals surface area contributed by atoms with E-state index < -0.39 is 11.9 Å². The third-order valence-corrected chi connectivity index (χ3v) is 4.65. The van der Waals surface area contributed by atoms with Crippen molar-refractivity contribution in [1.29, 1.82) is 0 Å². The van der Waals surface area contributed by atoms with Crippen molar-refractivity contribution < 1.29 is 14.7 Å². The van der Waals surface area contributed by atoms with E-state index in [1.54, 1.807) is 0 Å². The van der Waals surface area contributed by atoms with Crippen LogP contribution in [0, 0.1) is 29.6 Å². The number of hydrogen-bond acceptors (Lipinski definition) is 2. The summed E-state index contributed by atoms with van der Waals surface area (Å²) in [5, 5.41) is 9.17. The quantitative estimate of drug-likeness (QED) is 0.542. The molecule has 3 nitrogen and oxygen atoms in total. The second kappa shape index (κ2) is 3.19. The van der Waals surface area contributed by atoms with Crippen LogP contribution in [0.5, 0.6) is 0 Å². The number of carbonyl (C=O) groups excluding carboxylic acids is 1. The second-order valence-corrected chi connectivity index (χ2v) is 5.56. The van der Waals surface area contributed by atoms with E-state index in [2.05, 4.69) is 6.08 Å². The molecule has 5 unspecified atom stereocenters. The number of aliphatic carboxylic acids is 1. The Morgan fingerprint density at radius 1 is 1.44 bits per heavy atom. The summed E-state index contributed by atoms with van der Waals surface area (Å²) in [7, 11) is 0. The van der Waals surface area contributed by atoms with Gasteiger partial charge in [0.2, 0.25) is 0 Å². The molecule has 86 valence electrons. The standard InChI is InChI=1S/C13H16O3/c1-6-2-7-3-8-4-9(5-10(7)8)12(14)11(6)13(15)16/h2,6,8-11H,3-5H2,1H3,(H,15,16)/b7-2-. The van der Waals surface area contributed by atoms with Crippen molar-refractivity contribution in [3.05, 3.63) is 11.6 Å². The first-order valence-corrected chi connectivity index (χ1v) is 6.05. The lowest BCUT2D eigenvalue weighted by molar-refractivity contribution is -0.149. The first kappa shape index (κ1) is 10.1. The van der Waals surface area contributed by atoms with Gasteiger partial charge in [-0.25, -0.2) is 0 Å². The van der Waals surface area contributed by atoms with Gasteiger partial charge in [0.25, 0.3) is 0 Å². The molecule has 0 saturated heterocycles. The van der Waals surface area contributed by atoms with Crippen molar-refractivity contribution in [3.8, 4) is 0 Å². The highest BCUT2D eigenvalue weighted by Crippen LogP contribution is 2.55. The highest BCUT2D eigenvalue weighted by Gasteiger charge is 2.50. The zero-order valence-electron chi connectivity index (χ0n) is 9.35. The number of Topliss-reactive ketones (excluding diaryl/α,β-unsaturated/α-hetero) is 1. The summed E-state index contributed by atoms with van der Waals surface area (Å²) >= 11 is 0. The van der Waals surface area contributed by atoms with Crippen molar-refractivity contribution in [1.82, 2.24) is 0 Å². The summed E-state index contributed by atoms with van der Waals surface area (Å²) in [5.41, 5.74) is 1.42. The van der Waals surface area contributed by atoms with E-state index in [1.165, 1.54) is 5.57 Å². The van der Waals surface area contributed by atoms with Crippen LogP contribution in [-0.2, 0) is 9.59 Å². The first-order chi connectivity index (χ1) is 7.58. The number of carbonyl (C=O) groups is 2. The number of carboxylic acids is 1. The van der Waals surface area contributed by atoms with Gasteiger partial charge in [-0.15, -0.1) is 0 Å². The Bertz CT molecular complexity index is 396. The van der Waals surface area contributed by atoms with E-state index in [4.69, 9.17) is 0 Å². The van der Waals surface area contributed by atoms with Crippen LogP contribution in [0.3, 0.4) is 0 Å². The first-order valence-electron chi connectivity index (χ1n) is 6.05. The highest BCUT2D eigenvalue weighted by molar-refractivity contribution is 6.00. The van der Waals surface area contributed by atoms with Gasteiger partial charge in [-0.2, -0.15) is 0 Å². The summed E-state index contributed by atoms with van der Waals surface area (Å²) in [6.07, 6.45) is 4.99. The lowest BCUT2D eigenvalue weighted by Gasteiger charge is -2.35. The maximum atomic E-state index is 12.2. The van der Waals surface area contributed by atoms with E-state index >= 15 is 0 Å². The minimum atomic E-state index is -0.947. The molecule has 2 bridgehead atoms. The molecule has 3 aliphatic rings. The molecule has 3 aliphatic carbocycles. The van der Waals surface area contributed by atoms with Crippen LogP contribution in [0.4, 0.5) is 0 Å². The topological polar surface area (TPSA) is 54.4 Å². The number of rotatable bonds is 1. The molecule has 0 aliphatic heterocycles. The van der Waals surface area contributed by atoms with Crippen LogP contribution in [-0.4, -0.2) is 16.9 Å². The van der Waals surface area contributed by atoms with E-state index in [0.29, 0.717) is 11.8 Å². The van der Waals surface area contributed by atoms with Gasteiger partial charge in [-0.3, -0.25) is 9.59 Å². The predicted molar refractivity (Wildman–Crippen MR) is 57.7 cm³/mol. The van der Waals surface area contributed by atoms with Gasteiger partial charge in [0, 0.05) is 5.92 Å². The van der Waals surface area contributed by atoms with Crippen LogP contribution < -0.4 is 0 Å². The lowest BCUT2D eigenvalue weighted by atomic mass is 9.69. The van der Waals surface area contributed by atoms with Crippen LogP contribution in [0.25, 0.3) is 0 Å². The number of fused-ring (bicyclic) bond motifs is 1. The maximum absolute atomic E-state index is 12.2. The molecular formula is C13H16O3. The van der Waals surface area contributed by atoms with Crippen LogP contribution in [0.2, 0.25) is 0 Å². The number of allylic oxidation sites excluding steroid dienone is 2. The maximum Gasteiger partial charge on any atom is 0.314 e. The average molecular weight is 220 g/mol. The zero-order valence-corrected chi connectivity index (χ0v) is 9.35. The van der Waals surface area contributed by atoms with Gasteiger partial charge in [0.1, 0.15) is 5.92 Å². The largest absolute Gasteiger partial charge is 0.481 e. The lowest BCUT2D eigenvalue weighted by Crippen LogP contribution is -2.34. The second-order valence-electron chi connectivity index (χ2n) is 5.56. The summed E-state index contributed by atoms with van der Waals surface area (Å²) in [6, 6.07) is 0. The van der Waals surface area contributed by atoms with Crippen LogP contribution >= 0.6 is 0 Å². The van der Waals surface area contributed by atoms with Crippen molar-refractivity contribution in [2.24, 2.45) is 29.6 Å². The molecule has 3 rings (SSSR count). The van der Waals surface area contributed by atoms with Crippen molar-refractivity contribution in [2.75, 3.05) is 0 Å². The molecular weight excluding hydrogens is 204 g/mol. The number of hydrogen-bond donors (Lipinski definition) is 1. The zero-order chi connectivity index (χ0) is 11.4. The summed E-state index contributed by atoms with van der Waals surface area (Å²) in [4.78, 5) is 23.3. The Hall–Kier alpha value is -1.12. The molecule has 0 radical (unpaired) electrons. The highest BCUT2D eigenvalue weighted by atomic mass is 16.4. The Labute approximate surface area is 94.5 Å². The van der Waals surface area contributed by atoms with Crippen molar-refractivity contribution >= 4 is 11.8 Å². The Balaban J connectivity index is 2.00. The van der Waals surface area contributed by atoms with E-state index in [1.807, 2.05) is 6.92 Å². The smallest absolute Gasteiger partial charge is 0.314 e. The van der Waals surface area contributed by atoms with Gasteiger partial charge < -0.3 is 5.11 Å².